The summed E-state index contributed by atoms with van der Waals surface area (Å²) >= 11 is 0. The molecule has 0 saturated carbocycles. The Hall–Kier alpha value is -2.68. The number of halogens is 1. The second-order valence-electron chi connectivity index (χ2n) is 5.35. The molecule has 110 valence electrons. The lowest BCUT2D eigenvalue weighted by atomic mass is 10.1. The highest BCUT2D eigenvalue weighted by Crippen LogP contribution is 2.21. The number of hydrogen-bond donors (Lipinski definition) is 0. The van der Waals surface area contributed by atoms with Gasteiger partial charge in [0.25, 0.3) is 0 Å². The van der Waals surface area contributed by atoms with Gasteiger partial charge in [0.15, 0.2) is 0 Å². The molecule has 3 heteroatoms. The summed E-state index contributed by atoms with van der Waals surface area (Å²) in [5, 5.41) is 1.06. The maximum Gasteiger partial charge on any atom is 0.132 e. The fourth-order valence-corrected chi connectivity index (χ4v) is 2.37. The van der Waals surface area contributed by atoms with Crippen molar-refractivity contribution in [3.05, 3.63) is 71.7 Å². The molecule has 0 bridgehead atoms. The zero-order valence-electron chi connectivity index (χ0n) is 12.6. The predicted molar refractivity (Wildman–Crippen MR) is 91.4 cm³/mol. The first-order chi connectivity index (χ1) is 10.6. The zero-order chi connectivity index (χ0) is 15.5. The van der Waals surface area contributed by atoms with Crippen molar-refractivity contribution < 1.29 is 4.39 Å². The number of hydrogen-bond acceptors (Lipinski definition) is 2. The van der Waals surface area contributed by atoms with Crippen molar-refractivity contribution in [3.63, 3.8) is 0 Å². The number of nitrogens with zero attached hydrogens (tertiary/aromatic N) is 2. The molecule has 0 amide bonds. The first kappa shape index (κ1) is 14.3. The highest BCUT2D eigenvalue weighted by Gasteiger charge is 2.03. The third-order valence-corrected chi connectivity index (χ3v) is 3.63. The van der Waals surface area contributed by atoms with E-state index in [4.69, 9.17) is 0 Å². The van der Waals surface area contributed by atoms with Gasteiger partial charge in [0.05, 0.1) is 5.52 Å². The number of anilines is 1. The maximum atomic E-state index is 14.1. The van der Waals surface area contributed by atoms with Crippen molar-refractivity contribution in [1.29, 1.82) is 0 Å². The van der Waals surface area contributed by atoms with E-state index < -0.39 is 0 Å². The van der Waals surface area contributed by atoms with Crippen LogP contribution in [0.4, 0.5) is 10.1 Å². The van der Waals surface area contributed by atoms with E-state index in [0.29, 0.717) is 5.56 Å². The van der Waals surface area contributed by atoms with Crippen LogP contribution in [0.3, 0.4) is 0 Å². The van der Waals surface area contributed by atoms with Crippen LogP contribution in [-0.4, -0.2) is 19.1 Å². The van der Waals surface area contributed by atoms with Crippen LogP contribution in [0.25, 0.3) is 23.1 Å². The van der Waals surface area contributed by atoms with Gasteiger partial charge >= 0.3 is 0 Å². The molecule has 0 atom stereocenters. The SMILES string of the molecule is CN(C)c1ccc(C=Cc2ccnc3ccccc23)c(F)c1. The minimum Gasteiger partial charge on any atom is -0.378 e. The number of pyridine rings is 1. The van der Waals surface area contributed by atoms with Gasteiger partial charge in [0.1, 0.15) is 5.82 Å². The van der Waals surface area contributed by atoms with Crippen molar-refractivity contribution >= 4 is 28.7 Å². The van der Waals surface area contributed by atoms with E-state index in [1.165, 1.54) is 0 Å². The average Bonchev–Trinajstić information content (AvgIpc) is 2.53. The Kier molecular flexibility index (Phi) is 3.88. The van der Waals surface area contributed by atoms with Gasteiger partial charge < -0.3 is 4.90 Å². The van der Waals surface area contributed by atoms with E-state index in [9.17, 15) is 4.39 Å². The van der Waals surface area contributed by atoms with Crippen LogP contribution in [0, 0.1) is 5.82 Å². The normalized spacial score (nSPS) is 11.2. The Bertz CT molecular complexity index is 832. The fraction of sp³-hybridized carbons (Fsp3) is 0.105. The van der Waals surface area contributed by atoms with Gasteiger partial charge in [-0.2, -0.15) is 0 Å². The molecule has 2 nitrogen and oxygen atoms in total. The summed E-state index contributed by atoms with van der Waals surface area (Å²) in [5.74, 6) is -0.221. The number of benzene rings is 2. The first-order valence-electron chi connectivity index (χ1n) is 7.14. The lowest BCUT2D eigenvalue weighted by Gasteiger charge is -2.12. The van der Waals surface area contributed by atoms with Crippen LogP contribution in [0.1, 0.15) is 11.1 Å². The molecule has 0 radical (unpaired) electrons. The third kappa shape index (κ3) is 2.84. The maximum absolute atomic E-state index is 14.1. The summed E-state index contributed by atoms with van der Waals surface area (Å²) in [6.07, 6.45) is 5.50. The zero-order valence-corrected chi connectivity index (χ0v) is 12.6. The Morgan fingerprint density at radius 1 is 0.955 bits per heavy atom. The molecule has 0 unspecified atom stereocenters. The monoisotopic (exact) mass is 292 g/mol. The number of fused-ring (bicyclic) bond motifs is 1. The summed E-state index contributed by atoms with van der Waals surface area (Å²) in [4.78, 5) is 6.21. The quantitative estimate of drug-likeness (QED) is 0.700. The van der Waals surface area contributed by atoms with Crippen molar-refractivity contribution in [1.82, 2.24) is 4.98 Å². The Morgan fingerprint density at radius 3 is 2.50 bits per heavy atom. The molecule has 0 aliphatic heterocycles. The molecule has 1 heterocycles. The summed E-state index contributed by atoms with van der Waals surface area (Å²) in [5.41, 5.74) is 3.39. The van der Waals surface area contributed by atoms with Crippen molar-refractivity contribution in [2.75, 3.05) is 19.0 Å². The van der Waals surface area contributed by atoms with Gasteiger partial charge in [-0.3, -0.25) is 4.98 Å². The predicted octanol–water partition coefficient (Wildman–Crippen LogP) is 4.61. The van der Waals surface area contributed by atoms with Gasteiger partial charge in [-0.25, -0.2) is 4.39 Å². The Labute approximate surface area is 129 Å². The Balaban J connectivity index is 1.96. The van der Waals surface area contributed by atoms with Gasteiger partial charge in [0.2, 0.25) is 0 Å². The first-order valence-corrected chi connectivity index (χ1v) is 7.14. The standard InChI is InChI=1S/C19H17FN2/c1-22(2)16-10-9-15(18(20)13-16)8-7-14-11-12-21-19-6-4-3-5-17(14)19/h3-13H,1-2H3. The molecule has 0 aliphatic carbocycles. The van der Waals surface area contributed by atoms with Crippen LogP contribution in [0.2, 0.25) is 0 Å². The lowest BCUT2D eigenvalue weighted by molar-refractivity contribution is 0.625. The highest BCUT2D eigenvalue weighted by molar-refractivity contribution is 5.90. The Morgan fingerprint density at radius 2 is 1.73 bits per heavy atom. The smallest absolute Gasteiger partial charge is 0.132 e. The average molecular weight is 292 g/mol. The molecule has 1 aromatic heterocycles. The topological polar surface area (TPSA) is 16.1 Å². The number of rotatable bonds is 3. The van der Waals surface area contributed by atoms with Crippen molar-refractivity contribution in [2.24, 2.45) is 0 Å². The summed E-state index contributed by atoms with van der Waals surface area (Å²) in [6.45, 7) is 0. The molecule has 2 aromatic carbocycles. The highest BCUT2D eigenvalue weighted by atomic mass is 19.1. The van der Waals surface area contributed by atoms with Gasteiger partial charge in [0, 0.05) is 36.9 Å². The van der Waals surface area contributed by atoms with Crippen LogP contribution < -0.4 is 4.90 Å². The fourth-order valence-electron chi connectivity index (χ4n) is 2.37. The molecular weight excluding hydrogens is 275 g/mol. The van der Waals surface area contributed by atoms with Gasteiger partial charge in [-0.1, -0.05) is 30.4 Å². The van der Waals surface area contributed by atoms with E-state index in [-0.39, 0.29) is 5.82 Å². The number of para-hydroxylation sites is 1. The van der Waals surface area contributed by atoms with Crippen molar-refractivity contribution in [2.45, 2.75) is 0 Å². The van der Waals surface area contributed by atoms with E-state index in [2.05, 4.69) is 4.98 Å². The molecule has 0 fully saturated rings. The second-order valence-corrected chi connectivity index (χ2v) is 5.35. The molecule has 3 aromatic rings. The molecule has 22 heavy (non-hydrogen) atoms. The summed E-state index contributed by atoms with van der Waals surface area (Å²) in [7, 11) is 3.79. The van der Waals surface area contributed by atoms with E-state index in [0.717, 1.165) is 22.2 Å². The lowest BCUT2D eigenvalue weighted by Crippen LogP contribution is -2.08. The van der Waals surface area contributed by atoms with E-state index >= 15 is 0 Å². The minimum atomic E-state index is -0.221. The molecular formula is C19H17FN2. The van der Waals surface area contributed by atoms with E-state index in [1.807, 2.05) is 61.5 Å². The molecule has 0 spiro atoms. The minimum absolute atomic E-state index is 0.221. The second kappa shape index (κ2) is 5.98. The third-order valence-electron chi connectivity index (χ3n) is 3.63. The number of aromatic nitrogens is 1. The van der Waals surface area contributed by atoms with Crippen LogP contribution >= 0.6 is 0 Å². The summed E-state index contributed by atoms with van der Waals surface area (Å²) in [6, 6.07) is 15.1. The molecule has 0 aliphatic rings. The van der Waals surface area contributed by atoms with E-state index in [1.54, 1.807) is 24.4 Å². The largest absolute Gasteiger partial charge is 0.378 e. The molecule has 0 saturated heterocycles. The van der Waals surface area contributed by atoms with Gasteiger partial charge in [-0.05, 0) is 35.9 Å². The summed E-state index contributed by atoms with van der Waals surface area (Å²) < 4.78 is 14.1. The van der Waals surface area contributed by atoms with Crippen LogP contribution in [0.5, 0.6) is 0 Å². The van der Waals surface area contributed by atoms with Crippen molar-refractivity contribution in [3.8, 4) is 0 Å². The molecule has 3 rings (SSSR count). The van der Waals surface area contributed by atoms with Crippen LogP contribution in [-0.2, 0) is 0 Å². The van der Waals surface area contributed by atoms with Crippen LogP contribution in [0.15, 0.2) is 54.7 Å². The van der Waals surface area contributed by atoms with Gasteiger partial charge in [-0.15, -0.1) is 0 Å². The molecule has 0 N–H and O–H groups in total.